The van der Waals surface area contributed by atoms with Gasteiger partial charge in [-0.05, 0) is 24.3 Å². The van der Waals surface area contributed by atoms with Gasteiger partial charge in [0.05, 0.1) is 9.95 Å². The molecule has 0 fully saturated rings. The SMILES string of the molecule is O=[N+]([O-])c1ccc(Cl)cc1NCc1cc(Cl)cc(Cl)c1O. The van der Waals surface area contributed by atoms with Crippen molar-refractivity contribution in [2.45, 2.75) is 6.54 Å². The second kappa shape index (κ2) is 6.39. The van der Waals surface area contributed by atoms with Crippen molar-refractivity contribution >= 4 is 46.2 Å². The van der Waals surface area contributed by atoms with E-state index in [1.54, 1.807) is 0 Å². The van der Waals surface area contributed by atoms with Crippen LogP contribution in [-0.4, -0.2) is 10.0 Å². The summed E-state index contributed by atoms with van der Waals surface area (Å²) in [5.41, 5.74) is 0.539. The molecular formula is C13H9Cl3N2O3. The molecule has 0 unspecified atom stereocenters. The number of hydrogen-bond donors (Lipinski definition) is 2. The van der Waals surface area contributed by atoms with Gasteiger partial charge in [0.2, 0.25) is 0 Å². The Kier molecular flexibility index (Phi) is 4.77. The van der Waals surface area contributed by atoms with Gasteiger partial charge in [-0.25, -0.2) is 0 Å². The molecule has 21 heavy (non-hydrogen) atoms. The van der Waals surface area contributed by atoms with E-state index in [2.05, 4.69) is 5.32 Å². The second-order valence-electron chi connectivity index (χ2n) is 4.17. The van der Waals surface area contributed by atoms with Crippen molar-refractivity contribution in [3.8, 4) is 5.75 Å². The molecule has 110 valence electrons. The number of aromatic hydroxyl groups is 1. The van der Waals surface area contributed by atoms with E-state index >= 15 is 0 Å². The van der Waals surface area contributed by atoms with Crippen LogP contribution in [0.1, 0.15) is 5.56 Å². The molecule has 0 amide bonds. The van der Waals surface area contributed by atoms with Crippen LogP contribution < -0.4 is 5.32 Å². The highest BCUT2D eigenvalue weighted by atomic mass is 35.5. The standard InChI is InChI=1S/C13H9Cl3N2O3/c14-8-1-2-12(18(20)21)11(5-8)17-6-7-3-9(15)4-10(16)13(7)19/h1-5,17,19H,6H2. The Bertz CT molecular complexity index is 707. The van der Waals surface area contributed by atoms with Gasteiger partial charge in [0.15, 0.2) is 0 Å². The number of nitro benzene ring substituents is 1. The number of benzene rings is 2. The van der Waals surface area contributed by atoms with Gasteiger partial charge in [-0.2, -0.15) is 0 Å². The lowest BCUT2D eigenvalue weighted by Gasteiger charge is -2.10. The first-order valence-corrected chi connectivity index (χ1v) is 6.86. The van der Waals surface area contributed by atoms with Crippen LogP contribution in [0.25, 0.3) is 0 Å². The highest BCUT2D eigenvalue weighted by molar-refractivity contribution is 6.35. The predicted molar refractivity (Wildman–Crippen MR) is 83.6 cm³/mol. The molecular weight excluding hydrogens is 339 g/mol. The molecule has 0 saturated heterocycles. The first kappa shape index (κ1) is 15.7. The average Bonchev–Trinajstić information content (AvgIpc) is 2.40. The number of halogens is 3. The second-order valence-corrected chi connectivity index (χ2v) is 5.45. The lowest BCUT2D eigenvalue weighted by atomic mass is 10.2. The average molecular weight is 348 g/mol. The number of nitrogens with zero attached hydrogens (tertiary/aromatic N) is 1. The van der Waals surface area contributed by atoms with E-state index in [-0.39, 0.29) is 28.7 Å². The Morgan fingerprint density at radius 1 is 1.14 bits per heavy atom. The molecule has 0 spiro atoms. The molecule has 0 aliphatic carbocycles. The minimum absolute atomic E-state index is 0.104. The summed E-state index contributed by atoms with van der Waals surface area (Å²) in [6.07, 6.45) is 0. The van der Waals surface area contributed by atoms with Gasteiger partial charge < -0.3 is 10.4 Å². The summed E-state index contributed by atoms with van der Waals surface area (Å²) in [6, 6.07) is 7.09. The van der Waals surface area contributed by atoms with Crippen molar-refractivity contribution in [2.24, 2.45) is 0 Å². The van der Waals surface area contributed by atoms with Crippen molar-refractivity contribution in [1.82, 2.24) is 0 Å². The third kappa shape index (κ3) is 3.69. The number of rotatable bonds is 4. The van der Waals surface area contributed by atoms with E-state index in [1.807, 2.05) is 0 Å². The van der Waals surface area contributed by atoms with Gasteiger partial charge >= 0.3 is 0 Å². The quantitative estimate of drug-likeness (QED) is 0.611. The minimum atomic E-state index is -0.524. The van der Waals surface area contributed by atoms with Crippen LogP contribution in [0.15, 0.2) is 30.3 Å². The van der Waals surface area contributed by atoms with Gasteiger partial charge in [0.1, 0.15) is 11.4 Å². The summed E-state index contributed by atoms with van der Waals surface area (Å²) in [5, 5.41) is 24.5. The third-order valence-corrected chi connectivity index (χ3v) is 3.47. The lowest BCUT2D eigenvalue weighted by Crippen LogP contribution is -2.03. The van der Waals surface area contributed by atoms with Crippen LogP contribution in [0, 0.1) is 10.1 Å². The van der Waals surface area contributed by atoms with E-state index in [9.17, 15) is 15.2 Å². The maximum atomic E-state index is 11.0. The maximum absolute atomic E-state index is 11.0. The Morgan fingerprint density at radius 2 is 1.86 bits per heavy atom. The Hall–Kier alpha value is -1.69. The first-order valence-electron chi connectivity index (χ1n) is 5.73. The van der Waals surface area contributed by atoms with E-state index in [0.717, 1.165) is 0 Å². The highest BCUT2D eigenvalue weighted by Crippen LogP contribution is 2.33. The predicted octanol–water partition coefficient (Wildman–Crippen LogP) is 4.87. The van der Waals surface area contributed by atoms with Crippen molar-refractivity contribution in [2.75, 3.05) is 5.32 Å². The number of phenols is 1. The zero-order chi connectivity index (χ0) is 15.6. The van der Waals surface area contributed by atoms with Crippen LogP contribution in [-0.2, 0) is 6.54 Å². The van der Waals surface area contributed by atoms with Crippen LogP contribution in [0.2, 0.25) is 15.1 Å². The van der Waals surface area contributed by atoms with Gasteiger partial charge in [0.25, 0.3) is 5.69 Å². The number of nitro groups is 1. The zero-order valence-electron chi connectivity index (χ0n) is 10.4. The normalized spacial score (nSPS) is 10.4. The van der Waals surface area contributed by atoms with E-state index in [0.29, 0.717) is 15.6 Å². The highest BCUT2D eigenvalue weighted by Gasteiger charge is 2.15. The topological polar surface area (TPSA) is 75.4 Å². The number of nitrogens with one attached hydrogen (secondary N) is 1. The molecule has 0 heterocycles. The van der Waals surface area contributed by atoms with Crippen LogP contribution in [0.5, 0.6) is 5.75 Å². The molecule has 8 heteroatoms. The smallest absolute Gasteiger partial charge is 0.292 e. The summed E-state index contributed by atoms with van der Waals surface area (Å²) in [5.74, 6) is -0.127. The van der Waals surface area contributed by atoms with Gasteiger partial charge in [-0.15, -0.1) is 0 Å². The van der Waals surface area contributed by atoms with Crippen LogP contribution in [0.4, 0.5) is 11.4 Å². The van der Waals surface area contributed by atoms with Gasteiger partial charge in [-0.1, -0.05) is 34.8 Å². The third-order valence-electron chi connectivity index (χ3n) is 2.73. The van der Waals surface area contributed by atoms with Crippen molar-refractivity contribution < 1.29 is 10.0 Å². The Labute approximate surface area is 135 Å². The fourth-order valence-electron chi connectivity index (χ4n) is 1.75. The monoisotopic (exact) mass is 346 g/mol. The van der Waals surface area contributed by atoms with Gasteiger partial charge in [0, 0.05) is 28.2 Å². The molecule has 0 radical (unpaired) electrons. The molecule has 0 atom stereocenters. The summed E-state index contributed by atoms with van der Waals surface area (Å²) in [6.45, 7) is 0.104. The Balaban J connectivity index is 2.28. The number of anilines is 1. The van der Waals surface area contributed by atoms with Crippen molar-refractivity contribution in [1.29, 1.82) is 0 Å². The molecule has 0 saturated carbocycles. The fourth-order valence-corrected chi connectivity index (χ4v) is 2.46. The Morgan fingerprint density at radius 3 is 2.52 bits per heavy atom. The molecule has 2 N–H and O–H groups in total. The number of phenolic OH excluding ortho intramolecular Hbond substituents is 1. The molecule has 2 rings (SSSR count). The fraction of sp³-hybridized carbons (Fsp3) is 0.0769. The van der Waals surface area contributed by atoms with Crippen LogP contribution >= 0.6 is 34.8 Å². The summed E-state index contributed by atoms with van der Waals surface area (Å²) in [7, 11) is 0. The molecule has 2 aromatic carbocycles. The lowest BCUT2D eigenvalue weighted by molar-refractivity contribution is -0.384. The first-order chi connectivity index (χ1) is 9.88. The molecule has 0 aliphatic heterocycles. The summed E-state index contributed by atoms with van der Waals surface area (Å²) < 4.78 is 0. The number of hydrogen-bond acceptors (Lipinski definition) is 4. The maximum Gasteiger partial charge on any atom is 0.292 e. The largest absolute Gasteiger partial charge is 0.506 e. The molecule has 2 aromatic rings. The minimum Gasteiger partial charge on any atom is -0.506 e. The van der Waals surface area contributed by atoms with Crippen molar-refractivity contribution in [3.63, 3.8) is 0 Å². The van der Waals surface area contributed by atoms with Gasteiger partial charge in [-0.3, -0.25) is 10.1 Å². The molecule has 0 aromatic heterocycles. The molecule has 5 nitrogen and oxygen atoms in total. The zero-order valence-corrected chi connectivity index (χ0v) is 12.7. The molecule has 0 aliphatic rings. The van der Waals surface area contributed by atoms with E-state index < -0.39 is 4.92 Å². The van der Waals surface area contributed by atoms with Crippen molar-refractivity contribution in [3.05, 3.63) is 61.1 Å². The van der Waals surface area contributed by atoms with E-state index in [1.165, 1.54) is 30.3 Å². The molecule has 0 bridgehead atoms. The van der Waals surface area contributed by atoms with Crippen LogP contribution in [0.3, 0.4) is 0 Å². The summed E-state index contributed by atoms with van der Waals surface area (Å²) >= 11 is 17.5. The van der Waals surface area contributed by atoms with E-state index in [4.69, 9.17) is 34.8 Å². The summed E-state index contributed by atoms with van der Waals surface area (Å²) in [4.78, 5) is 10.4.